The molecule has 74 valence electrons. The molecule has 0 aromatic carbocycles. The highest BCUT2D eigenvalue weighted by molar-refractivity contribution is 5.80. The van der Waals surface area contributed by atoms with Crippen LogP contribution in [0.15, 0.2) is 12.7 Å². The third-order valence-corrected chi connectivity index (χ3v) is 1.22. The van der Waals surface area contributed by atoms with Gasteiger partial charge in [-0.1, -0.05) is 12.7 Å². The molecule has 0 saturated heterocycles. The second-order valence-electron chi connectivity index (χ2n) is 2.28. The molecule has 1 amide bonds. The average Bonchev–Trinajstić information content (AvgIpc) is 2.13. The van der Waals surface area contributed by atoms with E-state index in [0.717, 1.165) is 0 Å². The van der Waals surface area contributed by atoms with Gasteiger partial charge in [0.25, 0.3) is 0 Å². The first-order chi connectivity index (χ1) is 6.11. The first-order valence-electron chi connectivity index (χ1n) is 3.73. The van der Waals surface area contributed by atoms with Gasteiger partial charge < -0.3 is 14.8 Å². The molecule has 0 bridgehead atoms. The van der Waals surface area contributed by atoms with Crippen LogP contribution in [0.1, 0.15) is 6.92 Å². The topological polar surface area (TPSA) is 64.6 Å². The number of ether oxygens (including phenoxy) is 2. The van der Waals surface area contributed by atoms with Crippen molar-refractivity contribution in [2.24, 2.45) is 0 Å². The summed E-state index contributed by atoms with van der Waals surface area (Å²) >= 11 is 0. The molecule has 0 aliphatic heterocycles. The van der Waals surface area contributed by atoms with Crippen LogP contribution in [0.25, 0.3) is 0 Å². The van der Waals surface area contributed by atoms with Crippen LogP contribution < -0.4 is 5.32 Å². The number of carbonyl (C=O) groups excluding carboxylic acids is 2. The fourth-order valence-corrected chi connectivity index (χ4v) is 0.589. The van der Waals surface area contributed by atoms with Crippen LogP contribution in [0.3, 0.4) is 0 Å². The third kappa shape index (κ3) is 4.84. The van der Waals surface area contributed by atoms with Gasteiger partial charge >= 0.3 is 12.1 Å². The number of hydrogen-bond donors (Lipinski definition) is 1. The van der Waals surface area contributed by atoms with Crippen LogP contribution in [-0.2, 0) is 14.3 Å². The molecule has 1 N–H and O–H groups in total. The zero-order chi connectivity index (χ0) is 10.3. The van der Waals surface area contributed by atoms with Gasteiger partial charge in [0.2, 0.25) is 0 Å². The number of esters is 1. The Hall–Kier alpha value is -1.52. The lowest BCUT2D eigenvalue weighted by atomic mass is 10.3. The normalized spacial score (nSPS) is 11.2. The van der Waals surface area contributed by atoms with E-state index in [0.29, 0.717) is 0 Å². The summed E-state index contributed by atoms with van der Waals surface area (Å²) in [5.74, 6) is -0.518. The van der Waals surface area contributed by atoms with Crippen molar-refractivity contribution in [1.82, 2.24) is 5.32 Å². The van der Waals surface area contributed by atoms with Gasteiger partial charge in [0.1, 0.15) is 12.6 Å². The van der Waals surface area contributed by atoms with Gasteiger partial charge in [0, 0.05) is 0 Å². The Morgan fingerprint density at radius 3 is 2.69 bits per heavy atom. The number of rotatable bonds is 4. The quantitative estimate of drug-likeness (QED) is 0.513. The lowest BCUT2D eigenvalue weighted by molar-refractivity contribution is -0.142. The molecule has 0 unspecified atom stereocenters. The Morgan fingerprint density at radius 2 is 2.23 bits per heavy atom. The van der Waals surface area contributed by atoms with Gasteiger partial charge in [-0.15, -0.1) is 0 Å². The number of hydrogen-bond acceptors (Lipinski definition) is 4. The van der Waals surface area contributed by atoms with Crippen molar-refractivity contribution in [2.45, 2.75) is 13.0 Å². The second kappa shape index (κ2) is 6.05. The summed E-state index contributed by atoms with van der Waals surface area (Å²) < 4.78 is 8.97. The van der Waals surface area contributed by atoms with Crippen molar-refractivity contribution in [3.05, 3.63) is 12.7 Å². The molecule has 0 radical (unpaired) electrons. The van der Waals surface area contributed by atoms with Crippen LogP contribution >= 0.6 is 0 Å². The molecule has 0 heterocycles. The minimum Gasteiger partial charge on any atom is -0.467 e. The molecule has 0 rings (SSSR count). The van der Waals surface area contributed by atoms with E-state index in [1.54, 1.807) is 0 Å². The summed E-state index contributed by atoms with van der Waals surface area (Å²) in [4.78, 5) is 21.7. The fraction of sp³-hybridized carbons (Fsp3) is 0.500. The predicted octanol–water partition coefficient (Wildman–Crippen LogP) is 0.460. The lowest BCUT2D eigenvalue weighted by Crippen LogP contribution is -2.39. The monoisotopic (exact) mass is 187 g/mol. The molecular formula is C8H13NO4. The minimum atomic E-state index is -0.706. The number of alkyl carbamates (subject to hydrolysis) is 1. The van der Waals surface area contributed by atoms with Crippen LogP contribution in [0.2, 0.25) is 0 Å². The third-order valence-electron chi connectivity index (χ3n) is 1.22. The highest BCUT2D eigenvalue weighted by Crippen LogP contribution is 1.87. The molecular weight excluding hydrogens is 174 g/mol. The molecule has 5 nitrogen and oxygen atoms in total. The summed E-state index contributed by atoms with van der Waals surface area (Å²) in [5, 5.41) is 2.28. The molecule has 0 aromatic heterocycles. The zero-order valence-electron chi connectivity index (χ0n) is 7.70. The largest absolute Gasteiger partial charge is 0.467 e. The molecule has 0 aliphatic carbocycles. The first kappa shape index (κ1) is 11.5. The maximum Gasteiger partial charge on any atom is 0.408 e. The van der Waals surface area contributed by atoms with E-state index >= 15 is 0 Å². The van der Waals surface area contributed by atoms with Gasteiger partial charge in [-0.05, 0) is 6.92 Å². The maximum absolute atomic E-state index is 10.8. The number of amides is 1. The summed E-state index contributed by atoms with van der Waals surface area (Å²) in [6.45, 7) is 4.98. The summed E-state index contributed by atoms with van der Waals surface area (Å²) in [7, 11) is 1.25. The molecule has 0 fully saturated rings. The van der Waals surface area contributed by atoms with Crippen molar-refractivity contribution >= 4 is 12.1 Å². The second-order valence-corrected chi connectivity index (χ2v) is 2.28. The Labute approximate surface area is 76.7 Å². The van der Waals surface area contributed by atoms with E-state index in [2.05, 4.69) is 21.4 Å². The van der Waals surface area contributed by atoms with Crippen LogP contribution in [0.4, 0.5) is 4.79 Å². The van der Waals surface area contributed by atoms with Gasteiger partial charge in [-0.25, -0.2) is 9.59 Å². The fourth-order valence-electron chi connectivity index (χ4n) is 0.589. The Balaban J connectivity index is 3.77. The van der Waals surface area contributed by atoms with E-state index in [1.165, 1.54) is 20.1 Å². The first-order valence-corrected chi connectivity index (χ1v) is 3.73. The lowest BCUT2D eigenvalue weighted by Gasteiger charge is -2.10. The number of methoxy groups -OCH3 is 1. The molecule has 1 atom stereocenters. The van der Waals surface area contributed by atoms with Gasteiger partial charge in [0.15, 0.2) is 0 Å². The molecule has 0 spiro atoms. The summed E-state index contributed by atoms with van der Waals surface area (Å²) in [6, 6.07) is -0.706. The minimum absolute atomic E-state index is 0.111. The molecule has 0 aromatic rings. The Kier molecular flexibility index (Phi) is 5.34. The van der Waals surface area contributed by atoms with Crippen LogP contribution in [0.5, 0.6) is 0 Å². The number of carbonyl (C=O) groups is 2. The van der Waals surface area contributed by atoms with E-state index in [1.807, 2.05) is 0 Å². The van der Waals surface area contributed by atoms with Gasteiger partial charge in [0.05, 0.1) is 7.11 Å². The highest BCUT2D eigenvalue weighted by atomic mass is 16.6. The molecule has 0 saturated carbocycles. The van der Waals surface area contributed by atoms with Crippen molar-refractivity contribution < 1.29 is 19.1 Å². The van der Waals surface area contributed by atoms with Gasteiger partial charge in [-0.2, -0.15) is 0 Å². The highest BCUT2D eigenvalue weighted by Gasteiger charge is 2.15. The van der Waals surface area contributed by atoms with E-state index < -0.39 is 18.1 Å². The SMILES string of the molecule is C=CCOC(=O)N[C@@H](C)C(=O)OC. The van der Waals surface area contributed by atoms with Crippen LogP contribution in [-0.4, -0.2) is 31.8 Å². The molecule has 5 heteroatoms. The van der Waals surface area contributed by atoms with E-state index in [-0.39, 0.29) is 6.61 Å². The van der Waals surface area contributed by atoms with Crippen molar-refractivity contribution in [3.8, 4) is 0 Å². The van der Waals surface area contributed by atoms with Crippen molar-refractivity contribution in [1.29, 1.82) is 0 Å². The average molecular weight is 187 g/mol. The Morgan fingerprint density at radius 1 is 1.62 bits per heavy atom. The summed E-state index contributed by atoms with van der Waals surface area (Å²) in [6.07, 6.45) is 0.764. The number of nitrogens with one attached hydrogen (secondary N) is 1. The zero-order valence-corrected chi connectivity index (χ0v) is 7.70. The van der Waals surface area contributed by atoms with Gasteiger partial charge in [-0.3, -0.25) is 0 Å². The molecule has 0 aliphatic rings. The maximum atomic E-state index is 10.8. The Bertz CT molecular complexity index is 202. The van der Waals surface area contributed by atoms with Crippen molar-refractivity contribution in [2.75, 3.05) is 13.7 Å². The summed E-state index contributed by atoms with van der Waals surface area (Å²) in [5.41, 5.74) is 0. The standard InChI is InChI=1S/C8H13NO4/c1-4-5-13-8(11)9-6(2)7(10)12-3/h4,6H,1,5H2,2-3H3,(H,9,11)/t6-/m0/s1. The molecule has 13 heavy (non-hydrogen) atoms. The van der Waals surface area contributed by atoms with E-state index in [4.69, 9.17) is 0 Å². The van der Waals surface area contributed by atoms with Crippen molar-refractivity contribution in [3.63, 3.8) is 0 Å². The predicted molar refractivity (Wildman–Crippen MR) is 46.2 cm³/mol. The smallest absolute Gasteiger partial charge is 0.408 e. The van der Waals surface area contributed by atoms with Crippen LogP contribution in [0, 0.1) is 0 Å². The van der Waals surface area contributed by atoms with E-state index in [9.17, 15) is 9.59 Å².